The van der Waals surface area contributed by atoms with Crippen LogP contribution < -0.4 is 20.1 Å². The minimum absolute atomic E-state index is 0.203. The minimum atomic E-state index is -0.501. The van der Waals surface area contributed by atoms with Gasteiger partial charge in [0.15, 0.2) is 17.0 Å². The smallest absolute Gasteiger partial charge is 0.260 e. The number of thioether (sulfide) groups is 1. The Morgan fingerprint density at radius 2 is 1.97 bits per heavy atom. The quantitative estimate of drug-likeness (QED) is 0.377. The van der Waals surface area contributed by atoms with Gasteiger partial charge in [-0.3, -0.25) is 4.79 Å². The summed E-state index contributed by atoms with van der Waals surface area (Å²) < 4.78 is 26.0. The van der Waals surface area contributed by atoms with Crippen LogP contribution in [0.4, 0.5) is 10.1 Å². The third-order valence-electron chi connectivity index (χ3n) is 4.98. The van der Waals surface area contributed by atoms with Crippen molar-refractivity contribution in [1.82, 2.24) is 5.32 Å². The van der Waals surface area contributed by atoms with Crippen molar-refractivity contribution in [2.24, 2.45) is 0 Å². The average Bonchev–Trinajstić information content (AvgIpc) is 3.19. The standard InChI is InChI=1S/C25H19BrFN3O3S/c1-32-21-10-17(18(26)12-22(21)33-14-16-7-3-2-6-15(16)13-28)11-23-24(31)30-25(34-23)29-20-9-5-4-8-19(20)27/h2-12,25,29H,14H2,1H3,(H,30,31)/b23-11-. The van der Waals surface area contributed by atoms with Gasteiger partial charge in [0, 0.05) is 10.0 Å². The second-order valence-corrected chi connectivity index (χ2v) is 9.19. The molecule has 1 aliphatic heterocycles. The summed E-state index contributed by atoms with van der Waals surface area (Å²) >= 11 is 4.79. The van der Waals surface area contributed by atoms with E-state index in [9.17, 15) is 14.4 Å². The number of methoxy groups -OCH3 is 1. The topological polar surface area (TPSA) is 83.4 Å². The molecule has 0 bridgehead atoms. The van der Waals surface area contributed by atoms with Gasteiger partial charge in [0.2, 0.25) is 0 Å². The summed E-state index contributed by atoms with van der Waals surface area (Å²) in [4.78, 5) is 13.0. The molecule has 2 N–H and O–H groups in total. The number of nitrogens with one attached hydrogen (secondary N) is 2. The first-order valence-electron chi connectivity index (χ1n) is 10.2. The molecule has 1 atom stereocenters. The van der Waals surface area contributed by atoms with E-state index in [2.05, 4.69) is 32.6 Å². The number of carbonyl (C=O) groups is 1. The van der Waals surface area contributed by atoms with Gasteiger partial charge >= 0.3 is 0 Å². The SMILES string of the molecule is COc1cc(/C=C2\SC(Nc3ccccc3F)NC2=O)c(Br)cc1OCc1ccccc1C#N. The fourth-order valence-corrected chi connectivity index (χ4v) is 4.67. The van der Waals surface area contributed by atoms with Crippen LogP contribution in [0.5, 0.6) is 11.5 Å². The lowest BCUT2D eigenvalue weighted by Gasteiger charge is -2.14. The Morgan fingerprint density at radius 1 is 1.21 bits per heavy atom. The summed E-state index contributed by atoms with van der Waals surface area (Å²) in [7, 11) is 1.53. The third kappa shape index (κ3) is 5.35. The molecule has 6 nitrogen and oxygen atoms in total. The van der Waals surface area contributed by atoms with Crippen LogP contribution in [0.2, 0.25) is 0 Å². The highest BCUT2D eigenvalue weighted by Crippen LogP contribution is 2.37. The molecule has 1 amide bonds. The van der Waals surface area contributed by atoms with Gasteiger partial charge in [-0.15, -0.1) is 0 Å². The molecule has 0 aromatic heterocycles. The second kappa shape index (κ2) is 10.6. The molecule has 1 heterocycles. The lowest BCUT2D eigenvalue weighted by molar-refractivity contribution is -0.116. The van der Waals surface area contributed by atoms with Gasteiger partial charge in [0.05, 0.1) is 29.3 Å². The number of nitrogens with zero attached hydrogens (tertiary/aromatic N) is 1. The maximum absolute atomic E-state index is 13.9. The van der Waals surface area contributed by atoms with Crippen LogP contribution in [-0.4, -0.2) is 18.5 Å². The molecular weight excluding hydrogens is 521 g/mol. The number of carbonyl (C=O) groups excluding carboxylic acids is 1. The van der Waals surface area contributed by atoms with Crippen molar-refractivity contribution in [3.63, 3.8) is 0 Å². The molecule has 0 radical (unpaired) electrons. The number of hydrogen-bond donors (Lipinski definition) is 2. The first kappa shape index (κ1) is 23.7. The van der Waals surface area contributed by atoms with Crippen LogP contribution >= 0.6 is 27.7 Å². The van der Waals surface area contributed by atoms with E-state index in [1.165, 1.54) is 24.9 Å². The predicted molar refractivity (Wildman–Crippen MR) is 134 cm³/mol. The fraction of sp³-hybridized carbons (Fsp3) is 0.120. The predicted octanol–water partition coefficient (Wildman–Crippen LogP) is 5.65. The van der Waals surface area contributed by atoms with Crippen molar-refractivity contribution in [2.75, 3.05) is 12.4 Å². The number of halogens is 2. The van der Waals surface area contributed by atoms with Crippen molar-refractivity contribution >= 4 is 45.4 Å². The number of hydrogen-bond acceptors (Lipinski definition) is 6. The molecular formula is C25H19BrFN3O3S. The van der Waals surface area contributed by atoms with E-state index >= 15 is 0 Å². The van der Waals surface area contributed by atoms with Gasteiger partial charge in [0.25, 0.3) is 5.91 Å². The van der Waals surface area contributed by atoms with Crippen LogP contribution in [0.3, 0.4) is 0 Å². The Hall–Kier alpha value is -3.48. The van der Waals surface area contributed by atoms with E-state index in [1.54, 1.807) is 48.5 Å². The molecule has 3 aromatic rings. The summed E-state index contributed by atoms with van der Waals surface area (Å²) in [6, 6.07) is 19.2. The maximum Gasteiger partial charge on any atom is 0.260 e. The van der Waals surface area contributed by atoms with Crippen molar-refractivity contribution in [3.8, 4) is 17.6 Å². The number of amides is 1. The summed E-state index contributed by atoms with van der Waals surface area (Å²) in [5, 5.41) is 15.0. The lowest BCUT2D eigenvalue weighted by Crippen LogP contribution is -2.31. The summed E-state index contributed by atoms with van der Waals surface area (Å²) in [5.74, 6) is 0.314. The van der Waals surface area contributed by atoms with Crippen LogP contribution in [0, 0.1) is 17.1 Å². The monoisotopic (exact) mass is 539 g/mol. The molecule has 1 saturated heterocycles. The Labute approximate surface area is 208 Å². The van der Waals surface area contributed by atoms with Crippen molar-refractivity contribution in [1.29, 1.82) is 5.26 Å². The number of rotatable bonds is 7. The average molecular weight is 540 g/mol. The van der Waals surface area contributed by atoms with E-state index in [1.807, 2.05) is 12.1 Å². The zero-order valence-corrected chi connectivity index (χ0v) is 20.4. The molecule has 172 valence electrons. The molecule has 0 aliphatic carbocycles. The first-order valence-corrected chi connectivity index (χ1v) is 11.8. The first-order chi connectivity index (χ1) is 16.5. The molecule has 1 aliphatic rings. The minimum Gasteiger partial charge on any atom is -0.493 e. The van der Waals surface area contributed by atoms with Crippen molar-refractivity contribution in [3.05, 3.63) is 92.5 Å². The largest absolute Gasteiger partial charge is 0.493 e. The maximum atomic E-state index is 13.9. The lowest BCUT2D eigenvalue weighted by atomic mass is 10.1. The highest BCUT2D eigenvalue weighted by Gasteiger charge is 2.28. The molecule has 0 spiro atoms. The molecule has 1 unspecified atom stereocenters. The van der Waals surface area contributed by atoms with Gasteiger partial charge < -0.3 is 20.1 Å². The number of para-hydroxylation sites is 1. The van der Waals surface area contributed by atoms with Gasteiger partial charge in [-0.25, -0.2) is 4.39 Å². The Balaban J connectivity index is 1.51. The van der Waals surface area contributed by atoms with Crippen molar-refractivity contribution < 1.29 is 18.7 Å². The normalized spacial score (nSPS) is 16.1. The number of anilines is 1. The zero-order valence-electron chi connectivity index (χ0n) is 18.0. The second-order valence-electron chi connectivity index (χ2n) is 7.19. The van der Waals surface area contributed by atoms with E-state index in [-0.39, 0.29) is 12.5 Å². The van der Waals surface area contributed by atoms with Crippen LogP contribution in [0.25, 0.3) is 6.08 Å². The molecule has 34 heavy (non-hydrogen) atoms. The summed E-state index contributed by atoms with van der Waals surface area (Å²) in [6.07, 6.45) is 1.73. The van der Waals surface area contributed by atoms with E-state index in [4.69, 9.17) is 9.47 Å². The highest BCUT2D eigenvalue weighted by atomic mass is 79.9. The summed E-state index contributed by atoms with van der Waals surface area (Å²) in [6.45, 7) is 0.203. The van der Waals surface area contributed by atoms with E-state index < -0.39 is 11.3 Å². The molecule has 9 heteroatoms. The highest BCUT2D eigenvalue weighted by molar-refractivity contribution is 9.10. The van der Waals surface area contributed by atoms with Gasteiger partial charge in [-0.1, -0.05) is 58.0 Å². The van der Waals surface area contributed by atoms with Crippen LogP contribution in [-0.2, 0) is 11.4 Å². The zero-order chi connectivity index (χ0) is 24.1. The Morgan fingerprint density at radius 3 is 2.74 bits per heavy atom. The molecule has 3 aromatic carbocycles. The van der Waals surface area contributed by atoms with Crippen LogP contribution in [0.15, 0.2) is 70.0 Å². The summed E-state index contributed by atoms with van der Waals surface area (Å²) in [5.41, 5.74) is 1.83. The number of ether oxygens (including phenoxy) is 2. The van der Waals surface area contributed by atoms with Crippen LogP contribution in [0.1, 0.15) is 16.7 Å². The molecule has 1 fully saturated rings. The number of benzene rings is 3. The fourth-order valence-electron chi connectivity index (χ4n) is 3.27. The number of nitriles is 1. The molecule has 0 saturated carbocycles. The van der Waals surface area contributed by atoms with Crippen molar-refractivity contribution in [2.45, 2.75) is 12.1 Å². The Bertz CT molecular complexity index is 1310. The third-order valence-corrected chi connectivity index (χ3v) is 6.70. The Kier molecular flexibility index (Phi) is 7.40. The van der Waals surface area contributed by atoms with E-state index in [0.717, 1.165) is 5.56 Å². The molecule has 4 rings (SSSR count). The van der Waals surface area contributed by atoms with E-state index in [0.29, 0.717) is 37.7 Å². The van der Waals surface area contributed by atoms with Gasteiger partial charge in [0.1, 0.15) is 12.4 Å². The van der Waals surface area contributed by atoms with Gasteiger partial charge in [-0.2, -0.15) is 5.26 Å². The van der Waals surface area contributed by atoms with Gasteiger partial charge in [-0.05, 0) is 42.0 Å².